The van der Waals surface area contributed by atoms with Crippen LogP contribution in [0.3, 0.4) is 0 Å². The molecule has 0 bridgehead atoms. The lowest BCUT2D eigenvalue weighted by Gasteiger charge is -2.28. The lowest BCUT2D eigenvalue weighted by molar-refractivity contribution is -0.122. The van der Waals surface area contributed by atoms with E-state index in [0.717, 1.165) is 30.1 Å². The molecular weight excluding hydrogens is 324 g/mol. The Morgan fingerprint density at radius 1 is 1.00 bits per heavy atom. The molecule has 2 aromatic rings. The molecule has 1 heterocycles. The van der Waals surface area contributed by atoms with Gasteiger partial charge in [-0.2, -0.15) is 0 Å². The van der Waals surface area contributed by atoms with Crippen LogP contribution in [0.4, 0.5) is 11.4 Å². The molecule has 0 radical (unpaired) electrons. The van der Waals surface area contributed by atoms with E-state index in [1.54, 1.807) is 6.92 Å². The first-order valence-electron chi connectivity index (χ1n) is 9.43. The zero-order chi connectivity index (χ0) is 18.5. The molecule has 1 amide bonds. The Morgan fingerprint density at radius 3 is 2.35 bits per heavy atom. The van der Waals surface area contributed by atoms with Crippen LogP contribution in [0.5, 0.6) is 5.75 Å². The summed E-state index contributed by atoms with van der Waals surface area (Å²) in [5.74, 6) is 0.574. The number of ether oxygens (including phenoxy) is 1. The van der Waals surface area contributed by atoms with Crippen molar-refractivity contribution < 1.29 is 9.53 Å². The van der Waals surface area contributed by atoms with Gasteiger partial charge in [0.25, 0.3) is 5.91 Å². The molecule has 3 rings (SSSR count). The topological polar surface area (TPSA) is 41.6 Å². The summed E-state index contributed by atoms with van der Waals surface area (Å²) in [6.45, 7) is 8.10. The van der Waals surface area contributed by atoms with Gasteiger partial charge in [0.1, 0.15) is 5.75 Å². The van der Waals surface area contributed by atoms with Crippen LogP contribution in [0, 0.1) is 13.8 Å². The predicted molar refractivity (Wildman–Crippen MR) is 107 cm³/mol. The lowest BCUT2D eigenvalue weighted by atomic mass is 10.1. The van der Waals surface area contributed by atoms with Gasteiger partial charge in [0.05, 0.1) is 0 Å². The van der Waals surface area contributed by atoms with E-state index in [1.807, 2.05) is 37.3 Å². The highest BCUT2D eigenvalue weighted by atomic mass is 16.5. The molecule has 1 fully saturated rings. The average molecular weight is 352 g/mol. The van der Waals surface area contributed by atoms with Crippen LogP contribution >= 0.6 is 0 Å². The van der Waals surface area contributed by atoms with Crippen LogP contribution in [0.25, 0.3) is 0 Å². The Bertz CT molecular complexity index is 749. The predicted octanol–water partition coefficient (Wildman–Crippen LogP) is 4.70. The number of carbonyl (C=O) groups excluding carboxylic acids is 1. The molecule has 2 aromatic carbocycles. The fourth-order valence-electron chi connectivity index (χ4n) is 3.20. The summed E-state index contributed by atoms with van der Waals surface area (Å²) in [4.78, 5) is 14.8. The molecular formula is C22H28N2O2. The highest BCUT2D eigenvalue weighted by molar-refractivity contribution is 5.94. The van der Waals surface area contributed by atoms with Crippen LogP contribution in [0.15, 0.2) is 42.5 Å². The molecule has 1 unspecified atom stereocenters. The second kappa shape index (κ2) is 8.26. The molecule has 0 aromatic heterocycles. The first-order valence-corrected chi connectivity index (χ1v) is 9.43. The molecule has 4 heteroatoms. The Hall–Kier alpha value is -2.49. The zero-order valence-corrected chi connectivity index (χ0v) is 15.9. The van der Waals surface area contributed by atoms with Crippen molar-refractivity contribution >= 4 is 17.3 Å². The van der Waals surface area contributed by atoms with Gasteiger partial charge in [-0.3, -0.25) is 4.79 Å². The number of hydrogen-bond acceptors (Lipinski definition) is 3. The summed E-state index contributed by atoms with van der Waals surface area (Å²) < 4.78 is 5.78. The number of amides is 1. The van der Waals surface area contributed by atoms with E-state index in [0.29, 0.717) is 0 Å². The van der Waals surface area contributed by atoms with Crippen molar-refractivity contribution in [1.29, 1.82) is 0 Å². The molecule has 0 aliphatic carbocycles. The summed E-state index contributed by atoms with van der Waals surface area (Å²) in [6.07, 6.45) is 3.28. The number of nitrogens with one attached hydrogen (secondary N) is 1. The minimum Gasteiger partial charge on any atom is -0.481 e. The van der Waals surface area contributed by atoms with E-state index in [1.165, 1.54) is 30.5 Å². The van der Waals surface area contributed by atoms with Gasteiger partial charge in [-0.25, -0.2) is 0 Å². The van der Waals surface area contributed by atoms with Crippen molar-refractivity contribution in [1.82, 2.24) is 0 Å². The summed E-state index contributed by atoms with van der Waals surface area (Å²) in [5.41, 5.74) is 4.39. The Labute approximate surface area is 156 Å². The molecule has 1 atom stereocenters. The fraction of sp³-hybridized carbons (Fsp3) is 0.409. The lowest BCUT2D eigenvalue weighted by Crippen LogP contribution is -2.30. The number of hydrogen-bond donors (Lipinski definition) is 1. The van der Waals surface area contributed by atoms with Gasteiger partial charge in [0.2, 0.25) is 0 Å². The molecule has 4 nitrogen and oxygen atoms in total. The van der Waals surface area contributed by atoms with Crippen LogP contribution in [-0.4, -0.2) is 25.1 Å². The standard InChI is InChI=1S/C22H28N2O2/c1-16-7-12-21(15-17(16)2)26-18(3)22(25)23-19-8-10-20(11-9-19)24-13-5-4-6-14-24/h7-12,15,18H,4-6,13-14H2,1-3H3,(H,23,25). The summed E-state index contributed by atoms with van der Waals surface area (Å²) in [7, 11) is 0. The number of anilines is 2. The van der Waals surface area contributed by atoms with Gasteiger partial charge in [-0.05, 0) is 87.6 Å². The molecule has 1 aliphatic heterocycles. The zero-order valence-electron chi connectivity index (χ0n) is 15.9. The van der Waals surface area contributed by atoms with Crippen LogP contribution in [0.2, 0.25) is 0 Å². The number of rotatable bonds is 5. The summed E-state index contributed by atoms with van der Waals surface area (Å²) >= 11 is 0. The Morgan fingerprint density at radius 2 is 1.69 bits per heavy atom. The van der Waals surface area contributed by atoms with E-state index in [9.17, 15) is 4.79 Å². The van der Waals surface area contributed by atoms with E-state index < -0.39 is 6.10 Å². The van der Waals surface area contributed by atoms with Gasteiger partial charge in [-0.1, -0.05) is 6.07 Å². The molecule has 26 heavy (non-hydrogen) atoms. The highest BCUT2D eigenvalue weighted by Crippen LogP contribution is 2.22. The Balaban J connectivity index is 1.57. The van der Waals surface area contributed by atoms with Crippen LogP contribution < -0.4 is 15.0 Å². The first-order chi connectivity index (χ1) is 12.5. The van der Waals surface area contributed by atoms with Crippen molar-refractivity contribution in [2.24, 2.45) is 0 Å². The highest BCUT2D eigenvalue weighted by Gasteiger charge is 2.16. The maximum absolute atomic E-state index is 12.4. The molecule has 0 spiro atoms. The van der Waals surface area contributed by atoms with E-state index in [4.69, 9.17) is 4.74 Å². The largest absolute Gasteiger partial charge is 0.481 e. The third kappa shape index (κ3) is 4.57. The third-order valence-corrected chi connectivity index (χ3v) is 5.02. The first kappa shape index (κ1) is 18.3. The van der Waals surface area contributed by atoms with Gasteiger partial charge in [-0.15, -0.1) is 0 Å². The van der Waals surface area contributed by atoms with Crippen LogP contribution in [-0.2, 0) is 4.79 Å². The van der Waals surface area contributed by atoms with Crippen LogP contribution in [0.1, 0.15) is 37.3 Å². The quantitative estimate of drug-likeness (QED) is 0.848. The molecule has 1 aliphatic rings. The maximum atomic E-state index is 12.4. The van der Waals surface area contributed by atoms with Gasteiger partial charge < -0.3 is 15.0 Å². The van der Waals surface area contributed by atoms with Crippen molar-refractivity contribution in [2.45, 2.75) is 46.1 Å². The number of benzene rings is 2. The van der Waals surface area contributed by atoms with Gasteiger partial charge in [0, 0.05) is 24.5 Å². The van der Waals surface area contributed by atoms with Crippen molar-refractivity contribution in [3.05, 3.63) is 53.6 Å². The molecule has 1 N–H and O–H groups in total. The van der Waals surface area contributed by atoms with E-state index in [2.05, 4.69) is 29.3 Å². The minimum absolute atomic E-state index is 0.144. The fourth-order valence-corrected chi connectivity index (χ4v) is 3.20. The van der Waals surface area contributed by atoms with E-state index >= 15 is 0 Å². The number of carbonyl (C=O) groups is 1. The van der Waals surface area contributed by atoms with Crippen molar-refractivity contribution in [3.63, 3.8) is 0 Å². The second-order valence-corrected chi connectivity index (χ2v) is 7.09. The number of piperidine rings is 1. The monoisotopic (exact) mass is 352 g/mol. The van der Waals surface area contributed by atoms with Crippen molar-refractivity contribution in [3.8, 4) is 5.75 Å². The smallest absolute Gasteiger partial charge is 0.265 e. The maximum Gasteiger partial charge on any atom is 0.265 e. The average Bonchev–Trinajstić information content (AvgIpc) is 2.66. The third-order valence-electron chi connectivity index (χ3n) is 5.02. The van der Waals surface area contributed by atoms with Gasteiger partial charge in [0.15, 0.2) is 6.10 Å². The number of aryl methyl sites for hydroxylation is 2. The molecule has 138 valence electrons. The second-order valence-electron chi connectivity index (χ2n) is 7.09. The minimum atomic E-state index is -0.557. The summed E-state index contributed by atoms with van der Waals surface area (Å²) in [5, 5.41) is 2.94. The molecule has 0 saturated carbocycles. The summed E-state index contributed by atoms with van der Waals surface area (Å²) in [6, 6.07) is 14.0. The Kier molecular flexibility index (Phi) is 5.82. The van der Waals surface area contributed by atoms with E-state index in [-0.39, 0.29) is 5.91 Å². The normalized spacial score (nSPS) is 15.4. The van der Waals surface area contributed by atoms with Gasteiger partial charge >= 0.3 is 0 Å². The van der Waals surface area contributed by atoms with Crippen molar-refractivity contribution in [2.75, 3.05) is 23.3 Å². The molecule has 1 saturated heterocycles. The number of nitrogens with zero attached hydrogens (tertiary/aromatic N) is 1. The SMILES string of the molecule is Cc1ccc(OC(C)C(=O)Nc2ccc(N3CCCCC3)cc2)cc1C.